The molecule has 0 aliphatic heterocycles. The summed E-state index contributed by atoms with van der Waals surface area (Å²) >= 11 is 0. The van der Waals surface area contributed by atoms with Gasteiger partial charge in [-0.25, -0.2) is 9.59 Å². The number of carbonyl (C=O) groups is 3. The molecule has 4 saturated carbocycles. The third-order valence-electron chi connectivity index (χ3n) is 9.19. The highest BCUT2D eigenvalue weighted by atomic mass is 17.0. The number of ketones is 1. The molecule has 0 aromatic heterocycles. The summed E-state index contributed by atoms with van der Waals surface area (Å²) in [4.78, 5) is 53.6. The number of hydrogen-bond donors (Lipinski definition) is 3. The number of carboxylic acid groups (broad SMARTS) is 2. The van der Waals surface area contributed by atoms with Crippen LogP contribution < -0.4 is 5.73 Å². The lowest BCUT2D eigenvalue weighted by atomic mass is 9.44. The number of hydrogen-bond acceptors (Lipinski definition) is 9. The van der Waals surface area contributed by atoms with Crippen molar-refractivity contribution >= 4 is 23.4 Å². The molecule has 0 radical (unpaired) electrons. The van der Waals surface area contributed by atoms with Crippen molar-refractivity contribution in [3.05, 3.63) is 22.3 Å². The van der Waals surface area contributed by atoms with Gasteiger partial charge in [0.2, 0.25) is 0 Å². The third kappa shape index (κ3) is 6.11. The van der Waals surface area contributed by atoms with E-state index < -0.39 is 23.1 Å². The van der Waals surface area contributed by atoms with E-state index in [9.17, 15) is 24.5 Å². The molecule has 0 aromatic carbocycles. The fourth-order valence-corrected chi connectivity index (χ4v) is 7.49. The van der Waals surface area contributed by atoms with Crippen molar-refractivity contribution in [1.82, 2.24) is 0 Å². The van der Waals surface area contributed by atoms with Crippen molar-refractivity contribution in [2.75, 3.05) is 13.2 Å². The highest BCUT2D eigenvalue weighted by molar-refractivity contribution is 5.89. The van der Waals surface area contributed by atoms with E-state index in [1.54, 1.807) is 0 Å². The molecule has 4 unspecified atom stereocenters. The average molecular weight is 524 g/mol. The molecule has 7 atom stereocenters. The molecule has 0 amide bonds. The highest BCUT2D eigenvalue weighted by Crippen LogP contribution is 2.65. The minimum Gasteiger partial charge on any atom is -0.478 e. The lowest BCUT2D eigenvalue weighted by Gasteiger charge is -2.61. The van der Waals surface area contributed by atoms with E-state index in [2.05, 4.69) is 19.0 Å². The van der Waals surface area contributed by atoms with Crippen molar-refractivity contribution < 1.29 is 39.4 Å². The number of nitrogens with two attached hydrogens (primary N) is 1. The molecule has 0 bridgehead atoms. The fourth-order valence-electron chi connectivity index (χ4n) is 7.49. The van der Waals surface area contributed by atoms with Gasteiger partial charge in [-0.15, -0.1) is 10.1 Å². The first-order chi connectivity index (χ1) is 17.4. The van der Waals surface area contributed by atoms with Gasteiger partial charge in [-0.3, -0.25) is 4.79 Å². The van der Waals surface area contributed by atoms with Crippen molar-refractivity contribution in [3.63, 3.8) is 0 Å². The number of carbonyl (C=O) groups excluding carboxylic acids is 1. The Morgan fingerprint density at radius 2 is 1.81 bits per heavy atom. The Labute approximate surface area is 215 Å². The van der Waals surface area contributed by atoms with Gasteiger partial charge in [0.25, 0.3) is 5.09 Å². The Morgan fingerprint density at radius 3 is 2.41 bits per heavy atom. The van der Waals surface area contributed by atoms with Gasteiger partial charge in [0, 0.05) is 30.5 Å². The first-order valence-corrected chi connectivity index (χ1v) is 12.8. The predicted octanol–water partition coefficient (Wildman–Crippen LogP) is 2.83. The first-order valence-electron chi connectivity index (χ1n) is 12.8. The topological polar surface area (TPSA) is 192 Å². The van der Waals surface area contributed by atoms with Gasteiger partial charge in [-0.05, 0) is 74.0 Å². The molecule has 4 aliphatic carbocycles. The standard InChI is InChI=1S/C21H33N3O5.C4H4O4/c1-20-7-5-13(23-28-10-9-22)11-17(20)18(29-24(26)27)12-14-15-3-4-19(25)21(15,2)8-6-16(14)20;5-3(6)1-2-4(7)8/h14-18H,3-12,22H2,1-2H3;1-2H,(H,5,6)(H,7,8)/b;2-1+/t14?,15?,16?,17?,18-,20+,21-;/m0./s1. The quantitative estimate of drug-likeness (QED) is 0.193. The summed E-state index contributed by atoms with van der Waals surface area (Å²) in [6.07, 6.45) is 7.31. The van der Waals surface area contributed by atoms with Gasteiger partial charge in [0.15, 0.2) is 0 Å². The minimum atomic E-state index is -1.26. The smallest absolute Gasteiger partial charge is 0.328 e. The molecular weight excluding hydrogens is 486 g/mol. The maximum atomic E-state index is 12.6. The zero-order chi connectivity index (χ0) is 27.4. The van der Waals surface area contributed by atoms with Crippen molar-refractivity contribution in [1.29, 1.82) is 0 Å². The number of carboxylic acids is 2. The van der Waals surface area contributed by atoms with Crippen LogP contribution in [0.4, 0.5) is 0 Å². The molecule has 37 heavy (non-hydrogen) atoms. The molecule has 4 rings (SSSR count). The Bertz CT molecular complexity index is 951. The van der Waals surface area contributed by atoms with Crippen LogP contribution in [0.3, 0.4) is 0 Å². The Kier molecular flexibility index (Phi) is 8.93. The van der Waals surface area contributed by atoms with E-state index in [-0.39, 0.29) is 16.7 Å². The summed E-state index contributed by atoms with van der Waals surface area (Å²) in [5.74, 6) is -0.959. The highest BCUT2D eigenvalue weighted by Gasteiger charge is 2.62. The molecule has 0 aromatic rings. The first kappa shape index (κ1) is 28.5. The molecule has 0 saturated heterocycles. The molecule has 0 heterocycles. The Hall–Kier alpha value is -3.02. The normalized spacial score (nSPS) is 37.5. The SMILES string of the molecule is C[C@]12CCC(=NOCCN)CC1[C@@H](O[N+](=O)[O-])CC1C2CC[C@]2(C)C(=O)CCC12.O=C(O)/C=C/C(=O)O. The van der Waals surface area contributed by atoms with Gasteiger partial charge in [-0.1, -0.05) is 19.0 Å². The molecule has 4 N–H and O–H groups in total. The van der Waals surface area contributed by atoms with Crippen molar-refractivity contribution in [2.45, 2.75) is 71.3 Å². The third-order valence-corrected chi connectivity index (χ3v) is 9.19. The van der Waals surface area contributed by atoms with Crippen LogP contribution in [-0.2, 0) is 24.1 Å². The van der Waals surface area contributed by atoms with E-state index in [1.807, 2.05) is 0 Å². The van der Waals surface area contributed by atoms with Gasteiger partial charge in [0.05, 0.1) is 5.71 Å². The van der Waals surface area contributed by atoms with Crippen molar-refractivity contribution in [3.8, 4) is 0 Å². The lowest BCUT2D eigenvalue weighted by Crippen LogP contribution is -2.58. The molecule has 206 valence electrons. The van der Waals surface area contributed by atoms with Crippen LogP contribution in [-0.4, -0.2) is 58.0 Å². The summed E-state index contributed by atoms with van der Waals surface area (Å²) in [6.45, 7) is 5.20. The number of oxime groups is 1. The maximum absolute atomic E-state index is 12.6. The second-order valence-electron chi connectivity index (χ2n) is 11.0. The monoisotopic (exact) mass is 523 g/mol. The zero-order valence-corrected chi connectivity index (χ0v) is 21.3. The van der Waals surface area contributed by atoms with Crippen LogP contribution in [0.15, 0.2) is 17.3 Å². The molecule has 12 nitrogen and oxygen atoms in total. The number of aliphatic carboxylic acids is 2. The number of fused-ring (bicyclic) bond motifs is 5. The molecule has 4 fully saturated rings. The Morgan fingerprint density at radius 1 is 1.14 bits per heavy atom. The zero-order valence-electron chi connectivity index (χ0n) is 21.3. The molecular formula is C25H37N3O9. The number of nitrogens with zero attached hydrogens (tertiary/aromatic N) is 2. The summed E-state index contributed by atoms with van der Waals surface area (Å²) in [5, 5.41) is 30.5. The summed E-state index contributed by atoms with van der Waals surface area (Å²) in [7, 11) is 0. The van der Waals surface area contributed by atoms with Crippen LogP contribution in [0.25, 0.3) is 0 Å². The van der Waals surface area contributed by atoms with Gasteiger partial charge >= 0.3 is 11.9 Å². The minimum absolute atomic E-state index is 0.0382. The van der Waals surface area contributed by atoms with Gasteiger partial charge in [0.1, 0.15) is 18.5 Å². The van der Waals surface area contributed by atoms with Crippen LogP contribution in [0.5, 0.6) is 0 Å². The number of Topliss-reactive ketones (excluding diaryl/α,β-unsaturated/α-hetero) is 1. The van der Waals surface area contributed by atoms with E-state index in [4.69, 9.17) is 25.6 Å². The summed E-state index contributed by atoms with van der Waals surface area (Å²) in [6, 6.07) is 0. The van der Waals surface area contributed by atoms with E-state index in [0.717, 1.165) is 37.8 Å². The molecule has 12 heteroatoms. The van der Waals surface area contributed by atoms with Crippen LogP contribution in [0.2, 0.25) is 0 Å². The van der Waals surface area contributed by atoms with E-state index in [0.29, 0.717) is 68.1 Å². The maximum Gasteiger partial charge on any atom is 0.328 e. The molecule has 0 spiro atoms. The average Bonchev–Trinajstić information content (AvgIpc) is 3.13. The second kappa shape index (κ2) is 11.6. The van der Waals surface area contributed by atoms with Gasteiger partial charge < -0.3 is 25.6 Å². The van der Waals surface area contributed by atoms with E-state index in [1.165, 1.54) is 0 Å². The summed E-state index contributed by atoms with van der Waals surface area (Å²) < 4.78 is 0. The van der Waals surface area contributed by atoms with Gasteiger partial charge in [-0.2, -0.15) is 0 Å². The number of rotatable bonds is 7. The lowest BCUT2D eigenvalue weighted by molar-refractivity contribution is -0.772. The predicted molar refractivity (Wildman–Crippen MR) is 131 cm³/mol. The van der Waals surface area contributed by atoms with Crippen molar-refractivity contribution in [2.24, 2.45) is 45.4 Å². The van der Waals surface area contributed by atoms with Crippen LogP contribution >= 0.6 is 0 Å². The fraction of sp³-hybridized carbons (Fsp3) is 0.760. The summed E-state index contributed by atoms with van der Waals surface area (Å²) in [5.41, 5.74) is 6.14. The second-order valence-corrected chi connectivity index (χ2v) is 11.0. The van der Waals surface area contributed by atoms with E-state index >= 15 is 0 Å². The van der Waals surface area contributed by atoms with Crippen LogP contribution in [0.1, 0.15) is 65.2 Å². The molecule has 4 aliphatic rings. The largest absolute Gasteiger partial charge is 0.478 e. The Balaban J connectivity index is 0.000000414. The van der Waals surface area contributed by atoms with Crippen LogP contribution in [0, 0.1) is 44.6 Å².